The minimum atomic E-state index is -0.339. The molecule has 2 rings (SSSR count). The highest BCUT2D eigenvalue weighted by atomic mass is 32.2. The van der Waals surface area contributed by atoms with E-state index < -0.39 is 0 Å². The first-order valence-corrected chi connectivity index (χ1v) is 7.83. The van der Waals surface area contributed by atoms with Crippen LogP contribution >= 0.6 is 23.1 Å². The second-order valence-electron chi connectivity index (χ2n) is 4.18. The first-order valence-electron chi connectivity index (χ1n) is 5.90. The van der Waals surface area contributed by atoms with Gasteiger partial charge in [-0.2, -0.15) is 11.8 Å². The third-order valence-electron chi connectivity index (χ3n) is 2.86. The Morgan fingerprint density at radius 1 is 1.50 bits per heavy atom. The Bertz CT molecular complexity index is 283. The summed E-state index contributed by atoms with van der Waals surface area (Å²) in [5.74, 6) is 1.31. The zero-order valence-corrected chi connectivity index (χ0v) is 11.0. The van der Waals surface area contributed by atoms with Crippen LogP contribution in [-0.4, -0.2) is 29.2 Å². The second-order valence-corrected chi connectivity index (χ2v) is 6.57. The minimum absolute atomic E-state index is 0.339. The largest absolute Gasteiger partial charge is 0.386 e. The quantitative estimate of drug-likeness (QED) is 0.850. The number of thioether (sulfide) groups is 1. The Morgan fingerprint density at radius 3 is 3.12 bits per heavy atom. The van der Waals surface area contributed by atoms with Crippen LogP contribution in [0.15, 0.2) is 17.5 Å². The van der Waals surface area contributed by atoms with Crippen molar-refractivity contribution >= 4 is 23.1 Å². The van der Waals surface area contributed by atoms with Crippen molar-refractivity contribution in [2.75, 3.05) is 18.8 Å². The van der Waals surface area contributed by atoms with Crippen LogP contribution in [0.5, 0.6) is 0 Å². The fourth-order valence-corrected chi connectivity index (χ4v) is 3.92. The molecule has 0 radical (unpaired) electrons. The van der Waals surface area contributed by atoms with Gasteiger partial charge in [-0.15, -0.1) is 11.3 Å². The first kappa shape index (κ1) is 12.4. The third kappa shape index (κ3) is 3.77. The predicted octanol–water partition coefficient (Wildman–Crippen LogP) is 2.66. The lowest BCUT2D eigenvalue weighted by molar-refractivity contribution is 0.178. The maximum atomic E-state index is 9.88. The normalized spacial score (nSPS) is 23.2. The van der Waals surface area contributed by atoms with Crippen molar-refractivity contribution < 1.29 is 5.11 Å². The predicted molar refractivity (Wildman–Crippen MR) is 72.2 cm³/mol. The van der Waals surface area contributed by atoms with Crippen LogP contribution in [0.4, 0.5) is 0 Å². The molecule has 1 aromatic heterocycles. The summed E-state index contributed by atoms with van der Waals surface area (Å²) in [6.07, 6.45) is 3.73. The molecule has 0 aliphatic carbocycles. The maximum absolute atomic E-state index is 9.88. The molecule has 90 valence electrons. The van der Waals surface area contributed by atoms with E-state index in [4.69, 9.17) is 0 Å². The van der Waals surface area contributed by atoms with Gasteiger partial charge in [-0.05, 0) is 30.0 Å². The highest BCUT2D eigenvalue weighted by molar-refractivity contribution is 7.99. The summed E-state index contributed by atoms with van der Waals surface area (Å²) in [4.78, 5) is 1.06. The summed E-state index contributed by atoms with van der Waals surface area (Å²) in [5.41, 5.74) is 0. The van der Waals surface area contributed by atoms with E-state index in [-0.39, 0.29) is 6.10 Å². The number of aliphatic hydroxyl groups is 1. The van der Waals surface area contributed by atoms with Crippen LogP contribution in [0.2, 0.25) is 0 Å². The minimum Gasteiger partial charge on any atom is -0.386 e. The standard InChI is InChI=1S/C12H19NOS2/c14-11(12-5-3-7-16-12)9-13-8-10-4-1-2-6-15-10/h3,5,7,10-11,13-14H,1-2,4,6,8-9H2. The van der Waals surface area contributed by atoms with Gasteiger partial charge in [0.1, 0.15) is 6.10 Å². The molecule has 1 aliphatic rings. The smallest absolute Gasteiger partial charge is 0.101 e. The van der Waals surface area contributed by atoms with Crippen LogP contribution in [0.25, 0.3) is 0 Å². The lowest BCUT2D eigenvalue weighted by Gasteiger charge is -2.22. The molecule has 1 aromatic rings. The molecule has 0 aromatic carbocycles. The molecule has 2 unspecified atom stereocenters. The average Bonchev–Trinajstić information content (AvgIpc) is 2.84. The molecule has 0 spiro atoms. The van der Waals surface area contributed by atoms with E-state index in [2.05, 4.69) is 17.1 Å². The summed E-state index contributed by atoms with van der Waals surface area (Å²) in [7, 11) is 0. The molecular weight excluding hydrogens is 238 g/mol. The van der Waals surface area contributed by atoms with Gasteiger partial charge in [0, 0.05) is 23.2 Å². The lowest BCUT2D eigenvalue weighted by atomic mass is 10.2. The van der Waals surface area contributed by atoms with Crippen molar-refractivity contribution in [3.05, 3.63) is 22.4 Å². The van der Waals surface area contributed by atoms with E-state index in [1.54, 1.807) is 11.3 Å². The third-order valence-corrected chi connectivity index (χ3v) is 5.23. The Hall–Kier alpha value is -0.0300. The zero-order chi connectivity index (χ0) is 11.2. The van der Waals surface area contributed by atoms with Crippen molar-refractivity contribution in [3.8, 4) is 0 Å². The Kier molecular flexibility index (Phi) is 5.16. The zero-order valence-electron chi connectivity index (χ0n) is 9.39. The van der Waals surface area contributed by atoms with Crippen LogP contribution in [-0.2, 0) is 0 Å². The number of thiophene rings is 1. The van der Waals surface area contributed by atoms with E-state index in [0.29, 0.717) is 6.54 Å². The molecule has 2 heterocycles. The maximum Gasteiger partial charge on any atom is 0.101 e. The van der Waals surface area contributed by atoms with Gasteiger partial charge in [-0.3, -0.25) is 0 Å². The van der Waals surface area contributed by atoms with Gasteiger partial charge in [0.15, 0.2) is 0 Å². The summed E-state index contributed by atoms with van der Waals surface area (Å²) >= 11 is 3.69. The molecule has 2 atom stereocenters. The lowest BCUT2D eigenvalue weighted by Crippen LogP contribution is -2.29. The van der Waals surface area contributed by atoms with E-state index in [1.165, 1.54) is 25.0 Å². The summed E-state index contributed by atoms with van der Waals surface area (Å²) in [5, 5.41) is 16.0. The molecular formula is C12H19NOS2. The van der Waals surface area contributed by atoms with E-state index in [1.807, 2.05) is 17.5 Å². The van der Waals surface area contributed by atoms with E-state index >= 15 is 0 Å². The molecule has 16 heavy (non-hydrogen) atoms. The summed E-state index contributed by atoms with van der Waals surface area (Å²) < 4.78 is 0. The van der Waals surface area contributed by atoms with E-state index in [0.717, 1.165) is 16.7 Å². The van der Waals surface area contributed by atoms with E-state index in [9.17, 15) is 5.11 Å². The molecule has 2 nitrogen and oxygen atoms in total. The van der Waals surface area contributed by atoms with Gasteiger partial charge in [-0.25, -0.2) is 0 Å². The number of hydrogen-bond acceptors (Lipinski definition) is 4. The topological polar surface area (TPSA) is 32.3 Å². The number of rotatable bonds is 5. The van der Waals surface area contributed by atoms with Crippen LogP contribution in [0.1, 0.15) is 30.2 Å². The van der Waals surface area contributed by atoms with Crippen molar-refractivity contribution in [2.45, 2.75) is 30.6 Å². The molecule has 1 aliphatic heterocycles. The number of aliphatic hydroxyl groups excluding tert-OH is 1. The van der Waals surface area contributed by atoms with Crippen LogP contribution < -0.4 is 5.32 Å². The van der Waals surface area contributed by atoms with Gasteiger partial charge < -0.3 is 10.4 Å². The molecule has 0 bridgehead atoms. The van der Waals surface area contributed by atoms with Crippen LogP contribution in [0, 0.1) is 0 Å². The highest BCUT2D eigenvalue weighted by Crippen LogP contribution is 2.24. The fraction of sp³-hybridized carbons (Fsp3) is 0.667. The fourth-order valence-electron chi connectivity index (χ4n) is 1.93. The van der Waals surface area contributed by atoms with Gasteiger partial charge in [0.2, 0.25) is 0 Å². The number of hydrogen-bond donors (Lipinski definition) is 2. The van der Waals surface area contributed by atoms with Crippen molar-refractivity contribution in [1.29, 1.82) is 0 Å². The monoisotopic (exact) mass is 257 g/mol. The Balaban J connectivity index is 1.63. The molecule has 0 saturated carbocycles. The van der Waals surface area contributed by atoms with Crippen molar-refractivity contribution in [2.24, 2.45) is 0 Å². The molecule has 0 amide bonds. The number of nitrogens with one attached hydrogen (secondary N) is 1. The van der Waals surface area contributed by atoms with Crippen molar-refractivity contribution in [3.63, 3.8) is 0 Å². The Labute approximate surface area is 105 Å². The van der Waals surface area contributed by atoms with Gasteiger partial charge >= 0.3 is 0 Å². The molecule has 2 N–H and O–H groups in total. The highest BCUT2D eigenvalue weighted by Gasteiger charge is 2.14. The van der Waals surface area contributed by atoms with Gasteiger partial charge in [-0.1, -0.05) is 12.5 Å². The summed E-state index contributed by atoms with van der Waals surface area (Å²) in [6.45, 7) is 1.71. The van der Waals surface area contributed by atoms with Crippen LogP contribution in [0.3, 0.4) is 0 Å². The molecule has 4 heteroatoms. The molecule has 1 fully saturated rings. The summed E-state index contributed by atoms with van der Waals surface area (Å²) in [6, 6.07) is 3.98. The average molecular weight is 257 g/mol. The second kappa shape index (κ2) is 6.64. The SMILES string of the molecule is OC(CNCC1CCCCS1)c1cccs1. The van der Waals surface area contributed by atoms with Gasteiger partial charge in [0.05, 0.1) is 0 Å². The van der Waals surface area contributed by atoms with Gasteiger partial charge in [0.25, 0.3) is 0 Å². The molecule has 1 saturated heterocycles. The van der Waals surface area contributed by atoms with Crippen molar-refractivity contribution in [1.82, 2.24) is 5.32 Å². The Morgan fingerprint density at radius 2 is 2.44 bits per heavy atom. The first-order chi connectivity index (χ1) is 7.86.